The van der Waals surface area contributed by atoms with Gasteiger partial charge in [0, 0.05) is 32.8 Å². The summed E-state index contributed by atoms with van der Waals surface area (Å²) in [5.41, 5.74) is 0.630. The van der Waals surface area contributed by atoms with E-state index in [9.17, 15) is 23.4 Å². The lowest BCUT2D eigenvalue weighted by Gasteiger charge is -2.41. The lowest BCUT2D eigenvalue weighted by atomic mass is 9.81. The number of benzene rings is 2. The van der Waals surface area contributed by atoms with Gasteiger partial charge in [0.1, 0.15) is 5.75 Å². The topological polar surface area (TPSA) is 117 Å². The second-order valence-corrected chi connectivity index (χ2v) is 13.7. The third kappa shape index (κ3) is 9.17. The van der Waals surface area contributed by atoms with Crippen molar-refractivity contribution < 1.29 is 32.9 Å². The van der Waals surface area contributed by atoms with Crippen LogP contribution in [0.1, 0.15) is 58.4 Å². The van der Waals surface area contributed by atoms with Gasteiger partial charge < -0.3 is 24.6 Å². The Morgan fingerprint density at radius 2 is 1.67 bits per heavy atom. The fourth-order valence-electron chi connectivity index (χ4n) is 5.95. The number of ether oxygens (including phenoxy) is 2. The van der Waals surface area contributed by atoms with Crippen molar-refractivity contribution in [1.82, 2.24) is 9.21 Å². The number of sulfonamides is 1. The standard InChI is InChI=1S/C32H48N2O7S/c1-5-41-20-19-32(17-9-10-18-32)24-34(31(36)37)29(21-26-11-7-6-8-12-26)30(35)23-33(22-25(2)3)42(38,39)28-15-13-27(40-4)14-16-28/h6-8,11-16,25,29-30,35H,5,9-10,17-24H2,1-4H3,(H,36,37)/t29-,30-/m0/s1. The van der Waals surface area contributed by atoms with E-state index in [0.717, 1.165) is 37.7 Å². The molecule has 0 radical (unpaired) electrons. The van der Waals surface area contributed by atoms with Crippen LogP contribution in [0.3, 0.4) is 0 Å². The fraction of sp³-hybridized carbons (Fsp3) is 0.594. The minimum absolute atomic E-state index is 0.0197. The fourth-order valence-corrected chi connectivity index (χ4v) is 7.57. The summed E-state index contributed by atoms with van der Waals surface area (Å²) in [6, 6.07) is 14.7. The van der Waals surface area contributed by atoms with Gasteiger partial charge in [-0.25, -0.2) is 13.2 Å². The first kappa shape index (κ1) is 33.8. The van der Waals surface area contributed by atoms with Gasteiger partial charge in [0.2, 0.25) is 10.0 Å². The van der Waals surface area contributed by atoms with Crippen molar-refractivity contribution in [2.75, 3.05) is 40.0 Å². The molecule has 2 aromatic rings. The molecular weight excluding hydrogens is 556 g/mol. The number of aliphatic hydroxyl groups excluding tert-OH is 1. The van der Waals surface area contributed by atoms with Gasteiger partial charge in [-0.1, -0.05) is 57.0 Å². The number of nitrogens with zero attached hydrogens (tertiary/aromatic N) is 2. The molecule has 0 heterocycles. The predicted molar refractivity (Wildman–Crippen MR) is 163 cm³/mol. The largest absolute Gasteiger partial charge is 0.497 e. The molecule has 3 rings (SSSR count). The minimum Gasteiger partial charge on any atom is -0.497 e. The number of aliphatic hydroxyl groups is 1. The highest BCUT2D eigenvalue weighted by molar-refractivity contribution is 7.89. The third-order valence-electron chi connectivity index (χ3n) is 8.19. The van der Waals surface area contributed by atoms with E-state index in [1.165, 1.54) is 28.4 Å². The van der Waals surface area contributed by atoms with Crippen LogP contribution in [0.4, 0.5) is 4.79 Å². The van der Waals surface area contributed by atoms with Crippen LogP contribution in [0.5, 0.6) is 5.75 Å². The number of carboxylic acid groups (broad SMARTS) is 1. The zero-order chi connectivity index (χ0) is 30.8. The summed E-state index contributed by atoms with van der Waals surface area (Å²) in [6.07, 6.45) is 2.44. The molecule has 0 unspecified atom stereocenters. The highest BCUT2D eigenvalue weighted by Crippen LogP contribution is 2.42. The molecular formula is C32H48N2O7S. The SMILES string of the molecule is CCOCCC1(CN(C(=O)O)[C@@H](Cc2ccccc2)[C@@H](O)CN(CC(C)C)S(=O)(=O)c2ccc(OC)cc2)CCCC1. The highest BCUT2D eigenvalue weighted by atomic mass is 32.2. The molecule has 0 saturated heterocycles. The predicted octanol–water partition coefficient (Wildman–Crippen LogP) is 5.28. The lowest BCUT2D eigenvalue weighted by Crippen LogP contribution is -2.55. The Morgan fingerprint density at radius 1 is 1.02 bits per heavy atom. The van der Waals surface area contributed by atoms with Crippen LogP contribution in [0.2, 0.25) is 0 Å². The summed E-state index contributed by atoms with van der Waals surface area (Å²) in [4.78, 5) is 14.3. The summed E-state index contributed by atoms with van der Waals surface area (Å²) in [6.45, 7) is 7.13. The van der Waals surface area contributed by atoms with E-state index in [1.807, 2.05) is 51.1 Å². The zero-order valence-corrected chi connectivity index (χ0v) is 26.3. The molecule has 2 N–H and O–H groups in total. The average molecular weight is 605 g/mol. The van der Waals surface area contributed by atoms with Gasteiger partial charge in [-0.15, -0.1) is 0 Å². The van der Waals surface area contributed by atoms with Gasteiger partial charge in [0.25, 0.3) is 0 Å². The van der Waals surface area contributed by atoms with E-state index in [1.54, 1.807) is 12.1 Å². The van der Waals surface area contributed by atoms with Crippen molar-refractivity contribution in [3.05, 3.63) is 60.2 Å². The minimum atomic E-state index is -3.98. The molecule has 9 nitrogen and oxygen atoms in total. The first-order chi connectivity index (χ1) is 20.0. The Hall–Kier alpha value is -2.66. The zero-order valence-electron chi connectivity index (χ0n) is 25.4. The van der Waals surface area contributed by atoms with Crippen molar-refractivity contribution >= 4 is 16.1 Å². The van der Waals surface area contributed by atoms with Crippen molar-refractivity contribution in [2.24, 2.45) is 11.3 Å². The van der Waals surface area contributed by atoms with E-state index >= 15 is 0 Å². The molecule has 1 amide bonds. The van der Waals surface area contributed by atoms with Crippen LogP contribution in [-0.2, 0) is 21.2 Å². The van der Waals surface area contributed by atoms with E-state index in [-0.39, 0.29) is 42.3 Å². The van der Waals surface area contributed by atoms with Crippen molar-refractivity contribution in [1.29, 1.82) is 0 Å². The van der Waals surface area contributed by atoms with Gasteiger partial charge in [-0.3, -0.25) is 0 Å². The Bertz CT molecular complexity index is 1200. The Morgan fingerprint density at radius 3 is 2.21 bits per heavy atom. The van der Waals surface area contributed by atoms with E-state index in [0.29, 0.717) is 19.0 Å². The summed E-state index contributed by atoms with van der Waals surface area (Å²) in [7, 11) is -2.47. The quantitative estimate of drug-likeness (QED) is 0.236. The van der Waals surface area contributed by atoms with E-state index < -0.39 is 28.3 Å². The van der Waals surface area contributed by atoms with Gasteiger partial charge in [0.15, 0.2) is 0 Å². The number of hydrogen-bond donors (Lipinski definition) is 2. The van der Waals surface area contributed by atoms with Gasteiger partial charge >= 0.3 is 6.09 Å². The van der Waals surface area contributed by atoms with Gasteiger partial charge in [-0.2, -0.15) is 4.31 Å². The highest BCUT2D eigenvalue weighted by Gasteiger charge is 2.41. The first-order valence-corrected chi connectivity index (χ1v) is 16.4. The molecule has 234 valence electrons. The van der Waals surface area contributed by atoms with Crippen LogP contribution >= 0.6 is 0 Å². The summed E-state index contributed by atoms with van der Waals surface area (Å²) in [5.74, 6) is 0.517. The van der Waals surface area contributed by atoms with Crippen LogP contribution in [0.25, 0.3) is 0 Å². The molecule has 1 aliphatic rings. The molecule has 1 saturated carbocycles. The number of rotatable bonds is 17. The van der Waals surface area contributed by atoms with Gasteiger partial charge in [0.05, 0.1) is 24.2 Å². The van der Waals surface area contributed by atoms with E-state index in [4.69, 9.17) is 9.47 Å². The Labute approximate surface area is 251 Å². The molecule has 0 bridgehead atoms. The second-order valence-electron chi connectivity index (χ2n) is 11.8. The smallest absolute Gasteiger partial charge is 0.407 e. The van der Waals surface area contributed by atoms with Gasteiger partial charge in [-0.05, 0) is 73.8 Å². The number of methoxy groups -OCH3 is 1. The molecule has 10 heteroatoms. The maximum Gasteiger partial charge on any atom is 0.407 e. The monoisotopic (exact) mass is 604 g/mol. The maximum atomic E-state index is 13.8. The Kier molecular flexibility index (Phi) is 12.7. The van der Waals surface area contributed by atoms with E-state index in [2.05, 4.69) is 0 Å². The van der Waals surface area contributed by atoms with Crippen LogP contribution in [-0.4, -0.2) is 86.0 Å². The molecule has 1 fully saturated rings. The first-order valence-electron chi connectivity index (χ1n) is 14.9. The normalized spacial score (nSPS) is 16.5. The van der Waals surface area contributed by atoms with Crippen molar-refractivity contribution in [3.63, 3.8) is 0 Å². The number of amides is 1. The average Bonchev–Trinajstić information content (AvgIpc) is 3.43. The summed E-state index contributed by atoms with van der Waals surface area (Å²) < 4.78 is 39.7. The summed E-state index contributed by atoms with van der Waals surface area (Å²) >= 11 is 0. The van der Waals surface area contributed by atoms with Crippen LogP contribution in [0.15, 0.2) is 59.5 Å². The molecule has 0 spiro atoms. The summed E-state index contributed by atoms with van der Waals surface area (Å²) in [5, 5.41) is 22.3. The second kappa shape index (κ2) is 15.7. The molecule has 42 heavy (non-hydrogen) atoms. The number of hydrogen-bond acceptors (Lipinski definition) is 6. The lowest BCUT2D eigenvalue weighted by molar-refractivity contribution is 0.0101. The van der Waals surface area contributed by atoms with Crippen LogP contribution in [0, 0.1) is 11.3 Å². The molecule has 0 aliphatic heterocycles. The molecule has 2 atom stereocenters. The van der Waals surface area contributed by atoms with Crippen LogP contribution < -0.4 is 4.74 Å². The third-order valence-corrected chi connectivity index (χ3v) is 10.0. The molecule has 2 aromatic carbocycles. The van der Waals surface area contributed by atoms with Crippen molar-refractivity contribution in [3.8, 4) is 5.75 Å². The Balaban J connectivity index is 1.96. The molecule has 0 aromatic heterocycles. The molecule has 1 aliphatic carbocycles. The van der Waals surface area contributed by atoms with Crippen molar-refractivity contribution in [2.45, 2.75) is 76.3 Å². The maximum absolute atomic E-state index is 13.8. The number of carbonyl (C=O) groups is 1.